The highest BCUT2D eigenvalue weighted by atomic mass is 16.4. The van der Waals surface area contributed by atoms with E-state index in [-0.39, 0.29) is 0 Å². The van der Waals surface area contributed by atoms with Crippen molar-refractivity contribution in [1.82, 2.24) is 0 Å². The van der Waals surface area contributed by atoms with Crippen molar-refractivity contribution >= 4 is 17.9 Å². The van der Waals surface area contributed by atoms with Crippen LogP contribution in [0.3, 0.4) is 0 Å². The number of unbranched alkanes of at least 4 members (excludes halogenated alkanes) is 15. The molecule has 0 bridgehead atoms. The van der Waals surface area contributed by atoms with E-state index in [1.165, 1.54) is 96.3 Å². The Morgan fingerprint density at radius 1 is 0.562 bits per heavy atom. The number of aliphatic carboxylic acids is 3. The first-order valence-electron chi connectivity index (χ1n) is 12.2. The Kier molecular flexibility index (Phi) is 22.9. The summed E-state index contributed by atoms with van der Waals surface area (Å²) in [5.41, 5.74) is -2.74. The van der Waals surface area contributed by atoms with E-state index in [9.17, 15) is 14.4 Å². The second kappa shape index (κ2) is 22.5. The fourth-order valence-corrected chi connectivity index (χ4v) is 3.37. The van der Waals surface area contributed by atoms with E-state index in [0.29, 0.717) is 6.61 Å². The molecule has 0 heterocycles. The molecular formula is C24H46O8. The zero-order valence-corrected chi connectivity index (χ0v) is 19.9. The van der Waals surface area contributed by atoms with Crippen molar-refractivity contribution < 1.29 is 39.9 Å². The van der Waals surface area contributed by atoms with Gasteiger partial charge in [-0.25, -0.2) is 4.79 Å². The number of aliphatic hydroxyl groups excluding tert-OH is 1. The van der Waals surface area contributed by atoms with Crippen molar-refractivity contribution in [3.05, 3.63) is 0 Å². The van der Waals surface area contributed by atoms with Crippen LogP contribution in [-0.4, -0.2) is 55.6 Å². The molecular weight excluding hydrogens is 416 g/mol. The average Bonchev–Trinajstić information content (AvgIpc) is 2.70. The number of hydrogen-bond acceptors (Lipinski definition) is 5. The average molecular weight is 463 g/mol. The fourth-order valence-electron chi connectivity index (χ4n) is 3.37. The monoisotopic (exact) mass is 462 g/mol. The van der Waals surface area contributed by atoms with E-state index in [0.717, 1.165) is 6.42 Å². The van der Waals surface area contributed by atoms with Gasteiger partial charge in [0.25, 0.3) is 0 Å². The Labute approximate surface area is 193 Å². The van der Waals surface area contributed by atoms with E-state index in [1.807, 2.05) is 0 Å². The van der Waals surface area contributed by atoms with Crippen LogP contribution in [-0.2, 0) is 14.4 Å². The lowest BCUT2D eigenvalue weighted by molar-refractivity contribution is -0.170. The van der Waals surface area contributed by atoms with Gasteiger partial charge >= 0.3 is 17.9 Å². The van der Waals surface area contributed by atoms with Gasteiger partial charge in [-0.15, -0.1) is 0 Å². The van der Waals surface area contributed by atoms with Crippen LogP contribution in [0.4, 0.5) is 0 Å². The first-order chi connectivity index (χ1) is 15.2. The highest BCUT2D eigenvalue weighted by Crippen LogP contribution is 2.16. The molecule has 0 atom stereocenters. The summed E-state index contributed by atoms with van der Waals surface area (Å²) in [6.07, 6.45) is 19.9. The molecule has 0 aliphatic carbocycles. The molecule has 0 unspecified atom stereocenters. The molecule has 5 N–H and O–H groups in total. The van der Waals surface area contributed by atoms with Crippen LogP contribution >= 0.6 is 0 Å². The maximum Gasteiger partial charge on any atom is 0.336 e. The Bertz CT molecular complexity index is 447. The van der Waals surface area contributed by atoms with Crippen LogP contribution < -0.4 is 0 Å². The molecule has 0 amide bonds. The highest BCUT2D eigenvalue weighted by molar-refractivity contribution is 5.88. The topological polar surface area (TPSA) is 152 Å². The quantitative estimate of drug-likeness (QED) is 0.150. The van der Waals surface area contributed by atoms with Crippen molar-refractivity contribution in [3.8, 4) is 0 Å². The Hall–Kier alpha value is -1.67. The lowest BCUT2D eigenvalue weighted by atomic mass is 9.96. The zero-order chi connectivity index (χ0) is 24.7. The molecule has 0 spiro atoms. The summed E-state index contributed by atoms with van der Waals surface area (Å²) in [5, 5.41) is 42.5. The first-order valence-corrected chi connectivity index (χ1v) is 12.2. The summed E-state index contributed by atoms with van der Waals surface area (Å²) in [6.45, 7) is 2.66. The third-order valence-corrected chi connectivity index (χ3v) is 5.30. The van der Waals surface area contributed by atoms with Gasteiger partial charge in [-0.05, 0) is 6.42 Å². The minimum atomic E-state index is -2.74. The molecule has 0 aliphatic rings. The zero-order valence-electron chi connectivity index (χ0n) is 19.9. The number of carboxylic acids is 3. The van der Waals surface area contributed by atoms with E-state index in [4.69, 9.17) is 25.5 Å². The van der Waals surface area contributed by atoms with Gasteiger partial charge < -0.3 is 25.5 Å². The summed E-state index contributed by atoms with van der Waals surface area (Å²) in [7, 11) is 0. The van der Waals surface area contributed by atoms with Gasteiger partial charge in [-0.2, -0.15) is 0 Å². The lowest BCUT2D eigenvalue weighted by Crippen LogP contribution is -2.42. The summed E-state index contributed by atoms with van der Waals surface area (Å²) in [4.78, 5) is 30.5. The van der Waals surface area contributed by atoms with Crippen molar-refractivity contribution in [2.75, 3.05) is 6.61 Å². The van der Waals surface area contributed by atoms with E-state index >= 15 is 0 Å². The van der Waals surface area contributed by atoms with Crippen LogP contribution in [0.25, 0.3) is 0 Å². The lowest BCUT2D eigenvalue weighted by Gasteiger charge is -2.18. The predicted octanol–water partition coefficient (Wildman–Crippen LogP) is 4.99. The smallest absolute Gasteiger partial charge is 0.336 e. The second-order valence-corrected chi connectivity index (χ2v) is 8.50. The Morgan fingerprint density at radius 2 is 0.844 bits per heavy atom. The Morgan fingerprint density at radius 3 is 1.06 bits per heavy atom. The number of hydrogen-bond donors (Lipinski definition) is 5. The molecule has 0 fully saturated rings. The van der Waals surface area contributed by atoms with Gasteiger partial charge in [-0.3, -0.25) is 9.59 Å². The largest absolute Gasteiger partial charge is 0.481 e. The van der Waals surface area contributed by atoms with Crippen LogP contribution in [0.5, 0.6) is 0 Å². The minimum Gasteiger partial charge on any atom is -0.481 e. The van der Waals surface area contributed by atoms with E-state index in [2.05, 4.69) is 6.92 Å². The van der Waals surface area contributed by atoms with Gasteiger partial charge in [-0.1, -0.05) is 103 Å². The number of carbonyl (C=O) groups is 3. The molecule has 0 aromatic heterocycles. The third-order valence-electron chi connectivity index (χ3n) is 5.30. The molecule has 0 saturated heterocycles. The van der Waals surface area contributed by atoms with Gasteiger partial charge in [0, 0.05) is 6.61 Å². The molecule has 8 nitrogen and oxygen atoms in total. The summed E-state index contributed by atoms with van der Waals surface area (Å²) < 4.78 is 0. The van der Waals surface area contributed by atoms with Crippen molar-refractivity contribution in [3.63, 3.8) is 0 Å². The van der Waals surface area contributed by atoms with Gasteiger partial charge in [0.2, 0.25) is 0 Å². The molecule has 8 heteroatoms. The van der Waals surface area contributed by atoms with Crippen molar-refractivity contribution in [2.45, 2.75) is 128 Å². The van der Waals surface area contributed by atoms with Gasteiger partial charge in [0.15, 0.2) is 5.60 Å². The van der Waals surface area contributed by atoms with E-state index < -0.39 is 36.4 Å². The molecule has 0 saturated carbocycles. The van der Waals surface area contributed by atoms with E-state index in [1.54, 1.807) is 0 Å². The maximum atomic E-state index is 10.3. The first kappa shape index (κ1) is 32.5. The standard InChI is InChI=1S/C18H38O.C6H8O7/c1-2-3-4-5-6-7-8-9-10-11-12-13-14-15-16-17-18-19;7-3(8)1-6(13,5(11)12)2-4(9)10/h19H,2-18H2,1H3;13H,1-2H2,(H,7,8)(H,9,10)(H,11,12). The number of carboxylic acid groups (broad SMARTS) is 3. The third kappa shape index (κ3) is 23.0. The summed E-state index contributed by atoms with van der Waals surface area (Å²) in [6, 6.07) is 0. The molecule has 0 rings (SSSR count). The molecule has 0 aromatic rings. The molecule has 32 heavy (non-hydrogen) atoms. The van der Waals surface area contributed by atoms with Crippen molar-refractivity contribution in [1.29, 1.82) is 0 Å². The maximum absolute atomic E-state index is 10.3. The van der Waals surface area contributed by atoms with Crippen molar-refractivity contribution in [2.24, 2.45) is 0 Å². The summed E-state index contributed by atoms with van der Waals surface area (Å²) >= 11 is 0. The van der Waals surface area contributed by atoms with Crippen LogP contribution in [0.15, 0.2) is 0 Å². The van der Waals surface area contributed by atoms with Gasteiger partial charge in [0.05, 0.1) is 12.8 Å². The second-order valence-electron chi connectivity index (χ2n) is 8.50. The SMILES string of the molecule is CCCCCCCCCCCCCCCCCCO.O=C(O)CC(O)(CC(=O)O)C(=O)O. The molecule has 190 valence electrons. The predicted molar refractivity (Wildman–Crippen MR) is 124 cm³/mol. The number of rotatable bonds is 21. The Balaban J connectivity index is 0. The number of aliphatic hydroxyl groups is 2. The minimum absolute atomic E-state index is 0.373. The van der Waals surface area contributed by atoms with Crippen LogP contribution in [0.1, 0.15) is 122 Å². The van der Waals surface area contributed by atoms with Gasteiger partial charge in [0.1, 0.15) is 0 Å². The van der Waals surface area contributed by atoms with Crippen LogP contribution in [0.2, 0.25) is 0 Å². The molecule has 0 aromatic carbocycles. The molecule has 0 aliphatic heterocycles. The highest BCUT2D eigenvalue weighted by Gasteiger charge is 2.40. The summed E-state index contributed by atoms with van der Waals surface area (Å²) in [5.74, 6) is -5.02. The van der Waals surface area contributed by atoms with Crippen LogP contribution in [0, 0.1) is 0 Å². The fraction of sp³-hybridized carbons (Fsp3) is 0.875. The normalized spacial score (nSPS) is 11.0. The molecule has 0 radical (unpaired) electrons.